The van der Waals surface area contributed by atoms with Gasteiger partial charge >= 0.3 is 0 Å². The third-order valence-electron chi connectivity index (χ3n) is 4.41. The van der Waals surface area contributed by atoms with Crippen molar-refractivity contribution in [2.24, 2.45) is 0 Å². The van der Waals surface area contributed by atoms with Crippen LogP contribution in [0, 0.1) is 0 Å². The highest BCUT2D eigenvalue weighted by Gasteiger charge is 2.16. The minimum Gasteiger partial charge on any atom is -0.494 e. The van der Waals surface area contributed by atoms with E-state index >= 15 is 0 Å². The summed E-state index contributed by atoms with van der Waals surface area (Å²) in [5, 5.41) is 14.9. The van der Waals surface area contributed by atoms with Gasteiger partial charge in [-0.25, -0.2) is 0 Å². The topological polar surface area (TPSA) is 98.1 Å². The molecule has 0 atom stereocenters. The lowest BCUT2D eigenvalue weighted by molar-refractivity contribution is -0.113. The molecule has 0 spiro atoms. The van der Waals surface area contributed by atoms with Crippen LogP contribution >= 0.6 is 23.4 Å². The predicted octanol–water partition coefficient (Wildman–Crippen LogP) is 4.18. The fraction of sp³-hybridized carbons (Fsp3) is 0.217. The Bertz CT molecular complexity index is 1120. The Balaban J connectivity index is 1.58. The summed E-state index contributed by atoms with van der Waals surface area (Å²) in [4.78, 5) is 24.8. The number of nitrogens with zero attached hydrogens (tertiary/aromatic N) is 3. The number of carbonyl (C=O) groups excluding carboxylic acids is 2. The molecule has 0 aliphatic rings. The molecule has 0 unspecified atom stereocenters. The number of halogens is 1. The van der Waals surface area contributed by atoms with Crippen LogP contribution in [0.15, 0.2) is 66.3 Å². The van der Waals surface area contributed by atoms with Gasteiger partial charge in [0.25, 0.3) is 5.91 Å². The van der Waals surface area contributed by atoms with E-state index in [-0.39, 0.29) is 24.1 Å². The third kappa shape index (κ3) is 6.84. The lowest BCUT2D eigenvalue weighted by Gasteiger charge is -2.10. The zero-order chi connectivity index (χ0) is 23.6. The van der Waals surface area contributed by atoms with Crippen LogP contribution in [0.1, 0.15) is 23.1 Å². The molecule has 3 aromatic rings. The molecule has 0 saturated heterocycles. The summed E-state index contributed by atoms with van der Waals surface area (Å²) in [5.74, 6) is 0.957. The van der Waals surface area contributed by atoms with Crippen LogP contribution in [0.4, 0.5) is 5.69 Å². The summed E-state index contributed by atoms with van der Waals surface area (Å²) in [6, 6.07) is 14.0. The van der Waals surface area contributed by atoms with E-state index in [1.165, 1.54) is 11.8 Å². The van der Waals surface area contributed by atoms with Gasteiger partial charge in [-0.1, -0.05) is 41.6 Å². The van der Waals surface area contributed by atoms with E-state index in [1.807, 2.05) is 6.92 Å². The van der Waals surface area contributed by atoms with Crippen molar-refractivity contribution in [3.8, 4) is 5.75 Å². The van der Waals surface area contributed by atoms with Crippen molar-refractivity contribution in [3.63, 3.8) is 0 Å². The molecule has 33 heavy (non-hydrogen) atoms. The lowest BCUT2D eigenvalue weighted by atomic mass is 10.2. The lowest BCUT2D eigenvalue weighted by Crippen LogP contribution is -2.25. The first kappa shape index (κ1) is 24.3. The standard InChI is InChI=1S/C23H24ClN5O3S/c1-3-13-29-20(14-25-22(31)18-7-5-6-8-19(18)24)27-28-23(29)33-15-21(30)26-16-9-11-17(12-10-16)32-4-2/h3,5-12H,1,4,13-15H2,2H3,(H,25,31)(H,26,30). The van der Waals surface area contributed by atoms with Gasteiger partial charge in [-0.15, -0.1) is 16.8 Å². The molecule has 1 aromatic heterocycles. The number of allylic oxidation sites excluding steroid dienone is 1. The zero-order valence-electron chi connectivity index (χ0n) is 18.1. The average molecular weight is 486 g/mol. The van der Waals surface area contributed by atoms with E-state index in [0.717, 1.165) is 5.75 Å². The largest absolute Gasteiger partial charge is 0.494 e. The molecule has 0 aliphatic heterocycles. The van der Waals surface area contributed by atoms with E-state index in [9.17, 15) is 9.59 Å². The van der Waals surface area contributed by atoms with Gasteiger partial charge in [0.05, 0.1) is 29.5 Å². The maximum Gasteiger partial charge on any atom is 0.253 e. The summed E-state index contributed by atoms with van der Waals surface area (Å²) in [6.45, 7) is 6.85. The van der Waals surface area contributed by atoms with Crippen LogP contribution in [-0.2, 0) is 17.9 Å². The minimum absolute atomic E-state index is 0.147. The molecule has 1 heterocycles. The number of ether oxygens (including phenoxy) is 1. The van der Waals surface area contributed by atoms with Crippen LogP contribution in [0.3, 0.4) is 0 Å². The summed E-state index contributed by atoms with van der Waals surface area (Å²) >= 11 is 7.33. The molecule has 3 rings (SSSR count). The van der Waals surface area contributed by atoms with Crippen molar-refractivity contribution < 1.29 is 14.3 Å². The number of carbonyl (C=O) groups is 2. The molecular formula is C23H24ClN5O3S. The minimum atomic E-state index is -0.308. The van der Waals surface area contributed by atoms with Crippen molar-refractivity contribution in [1.82, 2.24) is 20.1 Å². The first-order chi connectivity index (χ1) is 16.0. The first-order valence-electron chi connectivity index (χ1n) is 10.2. The van der Waals surface area contributed by atoms with Crippen LogP contribution in [-0.4, -0.2) is 38.9 Å². The van der Waals surface area contributed by atoms with Gasteiger partial charge in [0.1, 0.15) is 5.75 Å². The fourth-order valence-electron chi connectivity index (χ4n) is 2.90. The number of aromatic nitrogens is 3. The van der Waals surface area contributed by atoms with E-state index in [4.69, 9.17) is 16.3 Å². The second kappa shape index (κ2) is 12.1. The number of anilines is 1. The quantitative estimate of drug-likeness (QED) is 0.312. The molecule has 0 fully saturated rings. The molecule has 2 aromatic carbocycles. The van der Waals surface area contributed by atoms with Crippen LogP contribution in [0.2, 0.25) is 5.02 Å². The molecule has 0 aliphatic carbocycles. The zero-order valence-corrected chi connectivity index (χ0v) is 19.7. The molecule has 0 bridgehead atoms. The second-order valence-electron chi connectivity index (χ2n) is 6.75. The SMILES string of the molecule is C=CCn1c(CNC(=O)c2ccccc2Cl)nnc1SCC(=O)Nc1ccc(OCC)cc1. The molecule has 172 valence electrons. The highest BCUT2D eigenvalue weighted by atomic mass is 35.5. The predicted molar refractivity (Wildman–Crippen MR) is 130 cm³/mol. The van der Waals surface area contributed by atoms with Gasteiger partial charge in [-0.3, -0.25) is 9.59 Å². The Morgan fingerprint density at radius 3 is 2.64 bits per heavy atom. The highest BCUT2D eigenvalue weighted by molar-refractivity contribution is 7.99. The normalized spacial score (nSPS) is 10.5. The van der Waals surface area contributed by atoms with E-state index < -0.39 is 0 Å². The molecular weight excluding hydrogens is 462 g/mol. The average Bonchev–Trinajstić information content (AvgIpc) is 3.19. The fourth-order valence-corrected chi connectivity index (χ4v) is 3.89. The van der Waals surface area contributed by atoms with Gasteiger partial charge in [0, 0.05) is 12.2 Å². The molecule has 0 radical (unpaired) electrons. The van der Waals surface area contributed by atoms with Gasteiger partial charge in [-0.05, 0) is 43.3 Å². The second-order valence-corrected chi connectivity index (χ2v) is 8.10. The molecule has 2 amide bonds. The number of rotatable bonds is 11. The smallest absolute Gasteiger partial charge is 0.253 e. The molecule has 0 saturated carbocycles. The highest BCUT2D eigenvalue weighted by Crippen LogP contribution is 2.20. The summed E-state index contributed by atoms with van der Waals surface area (Å²) in [5.41, 5.74) is 1.06. The van der Waals surface area contributed by atoms with Crippen molar-refractivity contribution in [2.75, 3.05) is 17.7 Å². The molecule has 2 N–H and O–H groups in total. The van der Waals surface area contributed by atoms with Gasteiger partial charge in [0.2, 0.25) is 5.91 Å². The first-order valence-corrected chi connectivity index (χ1v) is 11.6. The van der Waals surface area contributed by atoms with Crippen molar-refractivity contribution >= 4 is 40.9 Å². The van der Waals surface area contributed by atoms with E-state index in [1.54, 1.807) is 59.2 Å². The Labute approximate surface area is 201 Å². The summed E-state index contributed by atoms with van der Waals surface area (Å²) in [7, 11) is 0. The van der Waals surface area contributed by atoms with Gasteiger partial charge < -0.3 is 19.9 Å². The number of benzene rings is 2. The summed E-state index contributed by atoms with van der Waals surface area (Å²) < 4.78 is 7.20. The van der Waals surface area contributed by atoms with Crippen molar-refractivity contribution in [1.29, 1.82) is 0 Å². The number of nitrogens with one attached hydrogen (secondary N) is 2. The van der Waals surface area contributed by atoms with Crippen LogP contribution in [0.5, 0.6) is 5.75 Å². The number of thioether (sulfide) groups is 1. The van der Waals surface area contributed by atoms with E-state index in [0.29, 0.717) is 40.4 Å². The summed E-state index contributed by atoms with van der Waals surface area (Å²) in [6.07, 6.45) is 1.70. The maximum absolute atomic E-state index is 12.4. The van der Waals surface area contributed by atoms with Gasteiger partial charge in [-0.2, -0.15) is 0 Å². The van der Waals surface area contributed by atoms with Crippen molar-refractivity contribution in [2.45, 2.75) is 25.2 Å². The molecule has 10 heteroatoms. The Morgan fingerprint density at radius 2 is 1.94 bits per heavy atom. The number of hydrogen-bond acceptors (Lipinski definition) is 6. The monoisotopic (exact) mass is 485 g/mol. The van der Waals surface area contributed by atoms with Crippen LogP contribution < -0.4 is 15.4 Å². The number of hydrogen-bond donors (Lipinski definition) is 2. The van der Waals surface area contributed by atoms with E-state index in [2.05, 4.69) is 27.4 Å². The van der Waals surface area contributed by atoms with Gasteiger partial charge in [0.15, 0.2) is 11.0 Å². The molecule has 8 nitrogen and oxygen atoms in total. The van der Waals surface area contributed by atoms with Crippen LogP contribution in [0.25, 0.3) is 0 Å². The van der Waals surface area contributed by atoms with Crippen molar-refractivity contribution in [3.05, 3.63) is 77.6 Å². The Hall–Kier alpha value is -3.30. The Morgan fingerprint density at radius 1 is 1.18 bits per heavy atom. The number of amides is 2. The third-order valence-corrected chi connectivity index (χ3v) is 5.71. The Kier molecular flexibility index (Phi) is 8.91. The maximum atomic E-state index is 12.4.